The molecule has 1 heterocycles. The molecule has 0 aliphatic carbocycles. The van der Waals surface area contributed by atoms with Crippen LogP contribution in [-0.2, 0) is 4.79 Å². The first kappa shape index (κ1) is 14.7. The Morgan fingerprint density at radius 2 is 2.35 bits per heavy atom. The van der Waals surface area contributed by atoms with Gasteiger partial charge in [-0.1, -0.05) is 24.7 Å². The number of nitrogens with one attached hydrogen (secondary N) is 1. The number of hydrogen-bond donors (Lipinski definition) is 2. The van der Waals surface area contributed by atoms with Crippen LogP contribution in [0.2, 0.25) is 0 Å². The lowest BCUT2D eigenvalue weighted by molar-refractivity contribution is -0.119. The first-order valence-corrected chi connectivity index (χ1v) is 7.45. The molecule has 1 atom stereocenters. The van der Waals surface area contributed by atoms with E-state index in [-0.39, 0.29) is 11.8 Å². The zero-order chi connectivity index (χ0) is 14.5. The van der Waals surface area contributed by atoms with Crippen LogP contribution < -0.4 is 15.8 Å². The number of hydrogen-bond acceptors (Lipinski definition) is 5. The van der Waals surface area contributed by atoms with Crippen molar-refractivity contribution in [1.29, 1.82) is 0 Å². The molecule has 0 saturated heterocycles. The number of thiazole rings is 1. The number of carbonyl (C=O) groups is 1. The average Bonchev–Trinajstić information content (AvgIpc) is 2.85. The molecule has 2 aromatic rings. The number of anilines is 1. The zero-order valence-corrected chi connectivity index (χ0v) is 12.5. The average molecular weight is 293 g/mol. The summed E-state index contributed by atoms with van der Waals surface area (Å²) in [6, 6.07) is 5.65. The summed E-state index contributed by atoms with van der Waals surface area (Å²) in [5, 5.41) is 3.46. The molecule has 0 aliphatic heterocycles. The number of aromatic nitrogens is 1. The number of nitrogens with two attached hydrogens (primary N) is 1. The van der Waals surface area contributed by atoms with Crippen LogP contribution in [0.4, 0.5) is 5.13 Å². The summed E-state index contributed by atoms with van der Waals surface area (Å²) in [5.74, 6) is 0.576. The molecule has 2 rings (SSSR count). The summed E-state index contributed by atoms with van der Waals surface area (Å²) in [7, 11) is 1.63. The topological polar surface area (TPSA) is 77.2 Å². The Morgan fingerprint density at radius 3 is 3.00 bits per heavy atom. The van der Waals surface area contributed by atoms with Crippen molar-refractivity contribution in [3.8, 4) is 5.75 Å². The smallest absolute Gasteiger partial charge is 0.230 e. The van der Waals surface area contributed by atoms with Gasteiger partial charge in [0.2, 0.25) is 5.91 Å². The van der Waals surface area contributed by atoms with Gasteiger partial charge in [0, 0.05) is 6.54 Å². The number of nitrogens with zero attached hydrogens (tertiary/aromatic N) is 1. The van der Waals surface area contributed by atoms with E-state index in [1.807, 2.05) is 25.1 Å². The van der Waals surface area contributed by atoms with Gasteiger partial charge in [-0.15, -0.1) is 0 Å². The lowest BCUT2D eigenvalue weighted by atomic mass is 10.0. The van der Waals surface area contributed by atoms with Crippen molar-refractivity contribution in [3.05, 3.63) is 18.2 Å². The minimum Gasteiger partial charge on any atom is -0.497 e. The molecule has 0 radical (unpaired) electrons. The number of carbonyl (C=O) groups excluding carboxylic acids is 1. The van der Waals surface area contributed by atoms with Crippen molar-refractivity contribution in [1.82, 2.24) is 4.98 Å². The molecule has 108 valence electrons. The van der Waals surface area contributed by atoms with Crippen molar-refractivity contribution < 1.29 is 9.53 Å². The lowest BCUT2D eigenvalue weighted by Gasteiger charge is -2.11. The van der Waals surface area contributed by atoms with E-state index in [4.69, 9.17) is 10.5 Å². The third kappa shape index (κ3) is 3.26. The molecule has 0 spiro atoms. The maximum absolute atomic E-state index is 12.1. The van der Waals surface area contributed by atoms with Crippen LogP contribution in [0, 0.1) is 5.92 Å². The van der Waals surface area contributed by atoms with Gasteiger partial charge in [0.25, 0.3) is 0 Å². The van der Waals surface area contributed by atoms with Gasteiger partial charge in [0.1, 0.15) is 5.75 Å². The summed E-state index contributed by atoms with van der Waals surface area (Å²) in [4.78, 5) is 16.5. The van der Waals surface area contributed by atoms with Crippen molar-refractivity contribution in [3.63, 3.8) is 0 Å². The molecule has 0 saturated carbocycles. The van der Waals surface area contributed by atoms with E-state index in [2.05, 4.69) is 10.3 Å². The maximum Gasteiger partial charge on any atom is 0.230 e. The normalized spacial score (nSPS) is 12.3. The van der Waals surface area contributed by atoms with E-state index >= 15 is 0 Å². The molecule has 1 aromatic heterocycles. The van der Waals surface area contributed by atoms with Crippen molar-refractivity contribution in [2.45, 2.75) is 19.8 Å². The minimum absolute atomic E-state index is 0.0552. The highest BCUT2D eigenvalue weighted by molar-refractivity contribution is 7.22. The van der Waals surface area contributed by atoms with E-state index in [1.54, 1.807) is 7.11 Å². The highest BCUT2D eigenvalue weighted by Gasteiger charge is 2.17. The Balaban J connectivity index is 2.15. The summed E-state index contributed by atoms with van der Waals surface area (Å²) in [6.07, 6.45) is 1.73. The van der Waals surface area contributed by atoms with Crippen LogP contribution in [0.25, 0.3) is 10.2 Å². The van der Waals surface area contributed by atoms with E-state index in [9.17, 15) is 4.79 Å². The van der Waals surface area contributed by atoms with Crippen LogP contribution >= 0.6 is 11.3 Å². The van der Waals surface area contributed by atoms with Crippen molar-refractivity contribution >= 4 is 32.6 Å². The first-order chi connectivity index (χ1) is 9.67. The van der Waals surface area contributed by atoms with E-state index in [1.165, 1.54) is 11.3 Å². The van der Waals surface area contributed by atoms with Gasteiger partial charge in [0.05, 0.1) is 23.2 Å². The van der Waals surface area contributed by atoms with Crippen LogP contribution in [0.3, 0.4) is 0 Å². The van der Waals surface area contributed by atoms with Crippen LogP contribution in [0.1, 0.15) is 19.8 Å². The molecule has 6 heteroatoms. The quantitative estimate of drug-likeness (QED) is 0.858. The van der Waals surface area contributed by atoms with E-state index in [0.29, 0.717) is 11.7 Å². The summed E-state index contributed by atoms with van der Waals surface area (Å²) >= 11 is 1.44. The molecular weight excluding hydrogens is 274 g/mol. The monoisotopic (exact) mass is 293 g/mol. The molecule has 20 heavy (non-hydrogen) atoms. The maximum atomic E-state index is 12.1. The summed E-state index contributed by atoms with van der Waals surface area (Å²) < 4.78 is 6.16. The highest BCUT2D eigenvalue weighted by atomic mass is 32.1. The fourth-order valence-corrected chi connectivity index (χ4v) is 2.89. The minimum atomic E-state index is -0.151. The number of benzene rings is 1. The Labute approximate surface area is 122 Å². The predicted molar refractivity (Wildman–Crippen MR) is 82.3 cm³/mol. The number of amides is 1. The molecule has 0 bridgehead atoms. The fraction of sp³-hybridized carbons (Fsp3) is 0.429. The summed E-state index contributed by atoms with van der Waals surface area (Å²) in [6.45, 7) is 2.40. The van der Waals surface area contributed by atoms with Gasteiger partial charge < -0.3 is 15.8 Å². The predicted octanol–water partition coefficient (Wildman–Crippen LogP) is 2.62. The van der Waals surface area contributed by atoms with Gasteiger partial charge in [0.15, 0.2) is 5.13 Å². The SMILES string of the molecule is CCCC(CN)C(=O)Nc1nc2ccc(OC)cc2s1. The Morgan fingerprint density at radius 1 is 1.55 bits per heavy atom. The third-order valence-corrected chi connectivity index (χ3v) is 4.05. The number of rotatable bonds is 6. The molecule has 1 aromatic carbocycles. The molecule has 5 nitrogen and oxygen atoms in total. The number of methoxy groups -OCH3 is 1. The van der Waals surface area contributed by atoms with Gasteiger partial charge in [-0.2, -0.15) is 0 Å². The Kier molecular flexibility index (Phi) is 4.92. The number of fused-ring (bicyclic) bond motifs is 1. The molecule has 1 unspecified atom stereocenters. The third-order valence-electron chi connectivity index (χ3n) is 3.12. The zero-order valence-electron chi connectivity index (χ0n) is 11.7. The van der Waals surface area contributed by atoms with Crippen molar-refractivity contribution in [2.24, 2.45) is 11.7 Å². The second kappa shape index (κ2) is 6.67. The second-order valence-corrected chi connectivity index (χ2v) is 5.59. The molecule has 0 aliphatic rings. The van der Waals surface area contributed by atoms with E-state index in [0.717, 1.165) is 28.8 Å². The van der Waals surface area contributed by atoms with Gasteiger partial charge in [-0.3, -0.25) is 4.79 Å². The molecular formula is C14H19N3O2S. The van der Waals surface area contributed by atoms with Crippen molar-refractivity contribution in [2.75, 3.05) is 19.0 Å². The second-order valence-electron chi connectivity index (χ2n) is 4.56. The van der Waals surface area contributed by atoms with E-state index < -0.39 is 0 Å². The fourth-order valence-electron chi connectivity index (χ4n) is 2.00. The Hall–Kier alpha value is -1.66. The van der Waals surface area contributed by atoms with Crippen LogP contribution in [0.15, 0.2) is 18.2 Å². The first-order valence-electron chi connectivity index (χ1n) is 6.63. The highest BCUT2D eigenvalue weighted by Crippen LogP contribution is 2.29. The standard InChI is InChI=1S/C14H19N3O2S/c1-3-4-9(8-15)13(18)17-14-16-11-6-5-10(19-2)7-12(11)20-14/h5-7,9H,3-4,8,15H2,1-2H3,(H,16,17,18). The largest absolute Gasteiger partial charge is 0.497 e. The van der Waals surface area contributed by atoms with Crippen LogP contribution in [-0.4, -0.2) is 24.5 Å². The summed E-state index contributed by atoms with van der Waals surface area (Å²) in [5.41, 5.74) is 6.48. The van der Waals surface area contributed by atoms with Gasteiger partial charge in [-0.05, 0) is 24.6 Å². The molecule has 3 N–H and O–H groups in total. The lowest BCUT2D eigenvalue weighted by Crippen LogP contribution is -2.29. The molecule has 0 fully saturated rings. The Bertz CT molecular complexity index is 597. The number of ether oxygens (including phenoxy) is 1. The molecule has 1 amide bonds. The van der Waals surface area contributed by atoms with Crippen LogP contribution in [0.5, 0.6) is 5.75 Å². The van der Waals surface area contributed by atoms with Gasteiger partial charge >= 0.3 is 0 Å². The van der Waals surface area contributed by atoms with Gasteiger partial charge in [-0.25, -0.2) is 4.98 Å².